The minimum absolute atomic E-state index is 0.0770. The number of aryl methyl sites for hydroxylation is 1. The summed E-state index contributed by atoms with van der Waals surface area (Å²) in [5.74, 6) is 0. The van der Waals surface area contributed by atoms with Gasteiger partial charge in [0.1, 0.15) is 0 Å². The van der Waals surface area contributed by atoms with Gasteiger partial charge in [-0.15, -0.1) is 0 Å². The number of aromatic nitrogens is 1. The Morgan fingerprint density at radius 3 is 2.42 bits per heavy atom. The van der Waals surface area contributed by atoms with Crippen molar-refractivity contribution >= 4 is 23.0 Å². The van der Waals surface area contributed by atoms with E-state index >= 15 is 0 Å². The Morgan fingerprint density at radius 2 is 1.88 bits per heavy atom. The van der Waals surface area contributed by atoms with E-state index in [1.165, 1.54) is 10.6 Å². The first-order chi connectivity index (χ1) is 12.3. The number of nitrogens with zero attached hydrogens (tertiary/aromatic N) is 2. The Balaban J connectivity index is 2.23. The van der Waals surface area contributed by atoms with Gasteiger partial charge in [-0.1, -0.05) is 30.3 Å². The predicted molar refractivity (Wildman–Crippen MR) is 107 cm³/mol. The van der Waals surface area contributed by atoms with E-state index in [1.807, 2.05) is 36.2 Å². The van der Waals surface area contributed by atoms with Crippen molar-refractivity contribution in [3.8, 4) is 0 Å². The highest BCUT2D eigenvalue weighted by Crippen LogP contribution is 2.44. The van der Waals surface area contributed by atoms with E-state index in [2.05, 4.69) is 11.9 Å². The summed E-state index contributed by atoms with van der Waals surface area (Å²) >= 11 is 6.06. The first kappa shape index (κ1) is 18.0. The molecule has 2 heterocycles. The van der Waals surface area contributed by atoms with E-state index in [1.54, 1.807) is 26.2 Å². The van der Waals surface area contributed by atoms with Gasteiger partial charge >= 0.3 is 0 Å². The van der Waals surface area contributed by atoms with Gasteiger partial charge in [-0.25, -0.2) is 0 Å². The van der Waals surface area contributed by atoms with E-state index in [4.69, 9.17) is 17.0 Å². The summed E-state index contributed by atoms with van der Waals surface area (Å²) < 4.78 is 1.54. The van der Waals surface area contributed by atoms with Crippen LogP contribution in [0.15, 0.2) is 70.9 Å². The zero-order valence-electron chi connectivity index (χ0n) is 15.0. The number of anilines is 1. The van der Waals surface area contributed by atoms with Gasteiger partial charge in [-0.3, -0.25) is 4.79 Å². The van der Waals surface area contributed by atoms with Crippen LogP contribution >= 0.6 is 11.6 Å². The van der Waals surface area contributed by atoms with E-state index in [-0.39, 0.29) is 11.6 Å². The number of rotatable bonds is 4. The molecule has 1 aromatic heterocycles. The fourth-order valence-electron chi connectivity index (χ4n) is 3.36. The molecule has 2 N–H and O–H groups in total. The van der Waals surface area contributed by atoms with Crippen LogP contribution in [-0.2, 0) is 7.05 Å². The predicted octanol–water partition coefficient (Wildman–Crippen LogP) is 3.63. The molecular formula is C20H21ClN4O. The van der Waals surface area contributed by atoms with Gasteiger partial charge in [0.2, 0.25) is 5.56 Å². The molecule has 1 aromatic carbocycles. The van der Waals surface area contributed by atoms with Crippen LogP contribution in [0.25, 0.3) is 0 Å². The minimum Gasteiger partial charge on any atom is -0.386 e. The van der Waals surface area contributed by atoms with Gasteiger partial charge in [-0.05, 0) is 30.7 Å². The van der Waals surface area contributed by atoms with Crippen LogP contribution in [0.1, 0.15) is 18.5 Å². The lowest BCUT2D eigenvalue weighted by molar-refractivity contribution is 0.806. The molecule has 0 saturated carbocycles. The minimum atomic E-state index is -0.225. The van der Waals surface area contributed by atoms with Crippen LogP contribution in [0.3, 0.4) is 0 Å². The average Bonchev–Trinajstić information content (AvgIpc) is 2.90. The molecule has 0 saturated heterocycles. The van der Waals surface area contributed by atoms with Crippen LogP contribution < -0.4 is 15.8 Å². The molecule has 0 aliphatic carbocycles. The summed E-state index contributed by atoms with van der Waals surface area (Å²) in [5, 5.41) is 12.2. The van der Waals surface area contributed by atoms with Crippen molar-refractivity contribution in [1.29, 1.82) is 5.41 Å². The highest BCUT2D eigenvalue weighted by molar-refractivity contribution is 6.30. The van der Waals surface area contributed by atoms with Crippen LogP contribution in [0.4, 0.5) is 5.69 Å². The number of hydrogen-bond acceptors (Lipinski definition) is 4. The van der Waals surface area contributed by atoms with Crippen LogP contribution in [-0.4, -0.2) is 17.3 Å². The summed E-state index contributed by atoms with van der Waals surface area (Å²) in [5.41, 5.74) is 4.65. The van der Waals surface area contributed by atoms with E-state index < -0.39 is 0 Å². The maximum absolute atomic E-state index is 11.8. The first-order valence-electron chi connectivity index (χ1n) is 8.23. The van der Waals surface area contributed by atoms with E-state index in [0.717, 1.165) is 28.2 Å². The normalized spacial score (nSPS) is 17.0. The molecule has 0 fully saturated rings. The van der Waals surface area contributed by atoms with Gasteiger partial charge in [-0.2, -0.15) is 0 Å². The maximum Gasteiger partial charge on any atom is 0.250 e. The Morgan fingerprint density at radius 1 is 1.23 bits per heavy atom. The van der Waals surface area contributed by atoms with Gasteiger partial charge in [0, 0.05) is 42.7 Å². The van der Waals surface area contributed by atoms with Crippen molar-refractivity contribution in [2.45, 2.75) is 13.0 Å². The lowest BCUT2D eigenvalue weighted by Crippen LogP contribution is -2.27. The van der Waals surface area contributed by atoms with Crippen molar-refractivity contribution in [2.75, 3.05) is 11.9 Å². The molecule has 0 bridgehead atoms. The molecule has 1 aliphatic heterocycles. The quantitative estimate of drug-likeness (QED) is 0.810. The second-order valence-corrected chi connectivity index (χ2v) is 6.71. The van der Waals surface area contributed by atoms with Crippen molar-refractivity contribution in [3.63, 3.8) is 0 Å². The Kier molecular flexibility index (Phi) is 4.74. The van der Waals surface area contributed by atoms with Crippen LogP contribution in [0.2, 0.25) is 5.02 Å². The Labute approximate surface area is 157 Å². The number of likely N-dealkylation sites (N-methyl/N-ethyl adjacent to an activating group) is 1. The molecule has 1 aliphatic rings. The summed E-state index contributed by atoms with van der Waals surface area (Å²) in [7, 11) is 3.55. The fraction of sp³-hybridized carbons (Fsp3) is 0.200. The molecule has 6 heteroatoms. The third-order valence-electron chi connectivity index (χ3n) is 4.57. The third kappa shape index (κ3) is 2.95. The number of nitrogens with one attached hydrogen (secondary N) is 2. The van der Waals surface area contributed by atoms with Crippen LogP contribution in [0.5, 0.6) is 0 Å². The molecule has 26 heavy (non-hydrogen) atoms. The fourth-order valence-corrected chi connectivity index (χ4v) is 3.48. The molecule has 1 unspecified atom stereocenters. The average molecular weight is 369 g/mol. The SMILES string of the molecule is C=C1C(NC)=C(C(C)=N)C(c2ccc(Cl)cc2)N1c1ccc(=O)n(C)c1. The van der Waals surface area contributed by atoms with E-state index in [0.29, 0.717) is 10.7 Å². The summed E-state index contributed by atoms with van der Waals surface area (Å²) in [6, 6.07) is 10.7. The molecule has 134 valence electrons. The van der Waals surface area contributed by atoms with Gasteiger partial charge in [0.05, 0.1) is 23.1 Å². The molecule has 5 nitrogen and oxygen atoms in total. The zero-order chi connectivity index (χ0) is 19.0. The third-order valence-corrected chi connectivity index (χ3v) is 4.82. The molecule has 0 spiro atoms. The molecule has 0 radical (unpaired) electrons. The molecule has 3 rings (SSSR count). The van der Waals surface area contributed by atoms with E-state index in [9.17, 15) is 4.79 Å². The van der Waals surface area contributed by atoms with Gasteiger partial charge in [0.15, 0.2) is 0 Å². The summed E-state index contributed by atoms with van der Waals surface area (Å²) in [4.78, 5) is 13.8. The van der Waals surface area contributed by atoms with Gasteiger partial charge < -0.3 is 20.2 Å². The number of hydrogen-bond donors (Lipinski definition) is 2. The largest absolute Gasteiger partial charge is 0.386 e. The Bertz CT molecular complexity index is 972. The summed E-state index contributed by atoms with van der Waals surface area (Å²) in [6.07, 6.45) is 1.78. The monoisotopic (exact) mass is 368 g/mol. The maximum atomic E-state index is 11.8. The van der Waals surface area contributed by atoms with Crippen molar-refractivity contribution in [2.24, 2.45) is 7.05 Å². The van der Waals surface area contributed by atoms with Crippen molar-refractivity contribution in [3.05, 3.63) is 87.1 Å². The number of halogens is 1. The number of benzene rings is 1. The molecular weight excluding hydrogens is 348 g/mol. The van der Waals surface area contributed by atoms with Crippen LogP contribution in [0, 0.1) is 5.41 Å². The molecule has 2 aromatic rings. The second kappa shape index (κ2) is 6.84. The molecule has 0 amide bonds. The summed E-state index contributed by atoms with van der Waals surface area (Å²) in [6.45, 7) is 6.01. The molecule has 1 atom stereocenters. The number of pyridine rings is 1. The standard InChI is InChI=1S/C20H21ClN4O/c1-12(22)18-19(23-3)13(2)25(16-9-10-17(26)24(4)11-16)20(18)14-5-7-15(21)8-6-14/h5-11,20,22-23H,2H2,1,3-4H3. The van der Waals surface area contributed by atoms with Crippen molar-refractivity contribution in [1.82, 2.24) is 9.88 Å². The zero-order valence-corrected chi connectivity index (χ0v) is 15.8. The highest BCUT2D eigenvalue weighted by Gasteiger charge is 2.38. The lowest BCUT2D eigenvalue weighted by atomic mass is 9.96. The smallest absolute Gasteiger partial charge is 0.250 e. The second-order valence-electron chi connectivity index (χ2n) is 6.27. The first-order valence-corrected chi connectivity index (χ1v) is 8.61. The highest BCUT2D eigenvalue weighted by atomic mass is 35.5. The topological polar surface area (TPSA) is 61.1 Å². The van der Waals surface area contributed by atoms with Gasteiger partial charge in [0.25, 0.3) is 0 Å². The Hall–Kier alpha value is -2.79. The van der Waals surface area contributed by atoms with Crippen molar-refractivity contribution < 1.29 is 0 Å². The lowest BCUT2D eigenvalue weighted by Gasteiger charge is -2.30.